The first-order valence-electron chi connectivity index (χ1n) is 7.03. The van der Waals surface area contributed by atoms with Crippen molar-refractivity contribution in [1.82, 2.24) is 14.9 Å². The number of methoxy groups -OCH3 is 1. The van der Waals surface area contributed by atoms with Gasteiger partial charge < -0.3 is 15.4 Å². The van der Waals surface area contributed by atoms with Crippen molar-refractivity contribution < 1.29 is 4.74 Å². The molecule has 2 fully saturated rings. The Balaban J connectivity index is 1.97. The molecule has 1 aliphatic heterocycles. The van der Waals surface area contributed by atoms with Crippen LogP contribution in [0, 0.1) is 0 Å². The van der Waals surface area contributed by atoms with E-state index in [2.05, 4.69) is 21.9 Å². The predicted octanol–water partition coefficient (Wildman–Crippen LogP) is 1.11. The summed E-state index contributed by atoms with van der Waals surface area (Å²) in [5.41, 5.74) is 8.71. The van der Waals surface area contributed by atoms with Gasteiger partial charge >= 0.3 is 0 Å². The van der Waals surface area contributed by atoms with Crippen molar-refractivity contribution in [3.63, 3.8) is 0 Å². The summed E-state index contributed by atoms with van der Waals surface area (Å²) in [5.74, 6) is 1.64. The summed E-state index contributed by atoms with van der Waals surface area (Å²) in [6, 6.07) is 0.135. The molecule has 0 bridgehead atoms. The Hall–Kier alpha value is -1.20. The normalized spacial score (nSPS) is 28.4. The first kappa shape index (κ1) is 12.8. The van der Waals surface area contributed by atoms with Gasteiger partial charge in [0.25, 0.3) is 0 Å². The van der Waals surface area contributed by atoms with Crippen molar-refractivity contribution >= 4 is 0 Å². The lowest BCUT2D eigenvalue weighted by Crippen LogP contribution is -2.46. The third kappa shape index (κ3) is 2.44. The number of rotatable bonds is 3. The third-order valence-electron chi connectivity index (χ3n) is 4.27. The summed E-state index contributed by atoms with van der Waals surface area (Å²) in [4.78, 5) is 11.1. The molecule has 5 heteroatoms. The van der Waals surface area contributed by atoms with Gasteiger partial charge in [0.2, 0.25) is 5.88 Å². The van der Waals surface area contributed by atoms with E-state index in [1.807, 2.05) is 0 Å². The molecular weight excluding hydrogens is 240 g/mol. The Bertz CT molecular complexity index is 461. The molecule has 19 heavy (non-hydrogen) atoms. The molecule has 0 radical (unpaired) electrons. The summed E-state index contributed by atoms with van der Waals surface area (Å²) in [7, 11) is 3.81. The summed E-state index contributed by atoms with van der Waals surface area (Å²) >= 11 is 0. The highest BCUT2D eigenvalue weighted by atomic mass is 16.5. The summed E-state index contributed by atoms with van der Waals surface area (Å²) in [6.07, 6.45) is 5.14. The molecule has 1 aromatic rings. The van der Waals surface area contributed by atoms with Crippen LogP contribution in [0.2, 0.25) is 0 Å². The van der Waals surface area contributed by atoms with Crippen LogP contribution in [-0.2, 0) is 0 Å². The van der Waals surface area contributed by atoms with Crippen LogP contribution in [0.3, 0.4) is 0 Å². The molecule has 0 aromatic carbocycles. The van der Waals surface area contributed by atoms with Crippen LogP contribution in [0.4, 0.5) is 0 Å². The smallest absolute Gasteiger partial charge is 0.219 e. The van der Waals surface area contributed by atoms with Crippen LogP contribution in [0.25, 0.3) is 0 Å². The zero-order valence-electron chi connectivity index (χ0n) is 11.7. The van der Waals surface area contributed by atoms with Crippen LogP contribution in [0.5, 0.6) is 5.88 Å². The monoisotopic (exact) mass is 262 g/mol. The van der Waals surface area contributed by atoms with Crippen molar-refractivity contribution in [3.05, 3.63) is 17.6 Å². The van der Waals surface area contributed by atoms with Crippen molar-refractivity contribution in [2.45, 2.75) is 37.1 Å². The molecular formula is C14H22N4O. The number of hydrogen-bond acceptors (Lipinski definition) is 5. The molecule has 2 atom stereocenters. The molecule has 2 unspecified atom stereocenters. The van der Waals surface area contributed by atoms with E-state index in [1.165, 1.54) is 24.1 Å². The van der Waals surface area contributed by atoms with Gasteiger partial charge in [0.05, 0.1) is 12.8 Å². The van der Waals surface area contributed by atoms with Gasteiger partial charge in [-0.05, 0) is 32.9 Å². The maximum atomic E-state index is 6.36. The average molecular weight is 262 g/mol. The van der Waals surface area contributed by atoms with Crippen molar-refractivity contribution in [3.8, 4) is 5.88 Å². The third-order valence-corrected chi connectivity index (χ3v) is 4.27. The van der Waals surface area contributed by atoms with E-state index in [-0.39, 0.29) is 6.04 Å². The number of aromatic nitrogens is 2. The second kappa shape index (κ2) is 5.06. The topological polar surface area (TPSA) is 64.3 Å². The average Bonchev–Trinajstić information content (AvgIpc) is 3.22. The van der Waals surface area contributed by atoms with E-state index in [9.17, 15) is 0 Å². The lowest BCUT2D eigenvalue weighted by Gasteiger charge is -2.35. The highest BCUT2D eigenvalue weighted by Crippen LogP contribution is 2.45. The number of piperidine rings is 1. The van der Waals surface area contributed by atoms with Gasteiger partial charge in [-0.1, -0.05) is 0 Å². The van der Waals surface area contributed by atoms with Gasteiger partial charge in [0.15, 0.2) is 0 Å². The number of likely N-dealkylation sites (N-methyl/N-ethyl adjacent to an activating group) is 1. The zero-order valence-corrected chi connectivity index (χ0v) is 11.7. The summed E-state index contributed by atoms with van der Waals surface area (Å²) in [5, 5.41) is 0. The lowest BCUT2D eigenvalue weighted by molar-refractivity contribution is 0.224. The van der Waals surface area contributed by atoms with Gasteiger partial charge in [-0.25, -0.2) is 9.97 Å². The molecule has 1 saturated carbocycles. The Morgan fingerprint density at radius 1 is 1.32 bits per heavy atom. The minimum Gasteiger partial charge on any atom is -0.481 e. The lowest BCUT2D eigenvalue weighted by atomic mass is 9.84. The van der Waals surface area contributed by atoms with Crippen molar-refractivity contribution in [1.29, 1.82) is 0 Å². The van der Waals surface area contributed by atoms with Crippen LogP contribution in [-0.4, -0.2) is 48.2 Å². The minimum atomic E-state index is 0.135. The maximum absolute atomic E-state index is 6.36. The maximum Gasteiger partial charge on any atom is 0.219 e. The zero-order chi connectivity index (χ0) is 13.4. The van der Waals surface area contributed by atoms with Crippen molar-refractivity contribution in [2.24, 2.45) is 5.73 Å². The van der Waals surface area contributed by atoms with E-state index in [4.69, 9.17) is 10.5 Å². The number of hydrogen-bond donors (Lipinski definition) is 1. The Kier molecular flexibility index (Phi) is 3.41. The molecule has 0 spiro atoms. The van der Waals surface area contributed by atoms with Crippen LogP contribution in [0.15, 0.2) is 6.33 Å². The molecule has 0 amide bonds. The molecule has 1 saturated heterocycles. The predicted molar refractivity (Wildman–Crippen MR) is 73.4 cm³/mol. The van der Waals surface area contributed by atoms with E-state index in [0.717, 1.165) is 25.4 Å². The SMILES string of the molecule is COc1ncnc(C2CC2)c1C1CCN(C)CC1N. The number of likely N-dealkylation sites (tertiary alicyclic amines) is 1. The summed E-state index contributed by atoms with van der Waals surface area (Å²) in [6.45, 7) is 1.99. The fourth-order valence-electron chi connectivity index (χ4n) is 3.10. The van der Waals surface area contributed by atoms with Gasteiger partial charge in [0.1, 0.15) is 6.33 Å². The molecule has 2 heterocycles. The fourth-order valence-corrected chi connectivity index (χ4v) is 3.10. The molecule has 1 aliphatic carbocycles. The van der Waals surface area contributed by atoms with E-state index < -0.39 is 0 Å². The number of ether oxygens (including phenoxy) is 1. The van der Waals surface area contributed by atoms with Crippen molar-refractivity contribution in [2.75, 3.05) is 27.2 Å². The van der Waals surface area contributed by atoms with Gasteiger partial charge in [0, 0.05) is 30.0 Å². The highest BCUT2D eigenvalue weighted by Gasteiger charge is 2.36. The molecule has 3 rings (SSSR count). The Morgan fingerprint density at radius 3 is 2.74 bits per heavy atom. The largest absolute Gasteiger partial charge is 0.481 e. The second-order valence-electron chi connectivity index (χ2n) is 5.78. The highest BCUT2D eigenvalue weighted by molar-refractivity contribution is 5.38. The number of nitrogens with two attached hydrogens (primary N) is 1. The van der Waals surface area contributed by atoms with Crippen LogP contribution in [0.1, 0.15) is 42.4 Å². The molecule has 5 nitrogen and oxygen atoms in total. The minimum absolute atomic E-state index is 0.135. The van der Waals surface area contributed by atoms with Gasteiger partial charge in [-0.3, -0.25) is 0 Å². The first-order chi connectivity index (χ1) is 9.20. The molecule has 1 aromatic heterocycles. The molecule has 2 aliphatic rings. The second-order valence-corrected chi connectivity index (χ2v) is 5.78. The van der Waals surface area contributed by atoms with E-state index in [0.29, 0.717) is 11.8 Å². The van der Waals surface area contributed by atoms with Crippen LogP contribution >= 0.6 is 0 Å². The Labute approximate surface area is 114 Å². The molecule has 104 valence electrons. The van der Waals surface area contributed by atoms with E-state index >= 15 is 0 Å². The first-order valence-corrected chi connectivity index (χ1v) is 7.03. The quantitative estimate of drug-likeness (QED) is 0.884. The Morgan fingerprint density at radius 2 is 2.11 bits per heavy atom. The standard InChI is InChI=1S/C14H22N4O/c1-18-6-5-10(11(15)7-18)12-13(9-3-4-9)16-8-17-14(12)19-2/h8-11H,3-7,15H2,1-2H3. The van der Waals surface area contributed by atoms with E-state index in [1.54, 1.807) is 13.4 Å². The van der Waals surface area contributed by atoms with Gasteiger partial charge in [-0.2, -0.15) is 0 Å². The number of nitrogens with zero attached hydrogens (tertiary/aromatic N) is 3. The summed E-state index contributed by atoms with van der Waals surface area (Å²) < 4.78 is 5.47. The molecule has 2 N–H and O–H groups in total. The van der Waals surface area contributed by atoms with Crippen LogP contribution < -0.4 is 10.5 Å². The van der Waals surface area contributed by atoms with Gasteiger partial charge in [-0.15, -0.1) is 0 Å². The fraction of sp³-hybridized carbons (Fsp3) is 0.714.